The highest BCUT2D eigenvalue weighted by atomic mass is 79.9. The fourth-order valence-corrected chi connectivity index (χ4v) is 3.67. The maximum absolute atomic E-state index is 3.51. The van der Waals surface area contributed by atoms with Crippen LogP contribution in [0.4, 0.5) is 0 Å². The SMILES string of the molecule is CN(Cc1cc(Br)c(Br)s1)C1CNC1. The Kier molecular flexibility index (Phi) is 3.65. The van der Waals surface area contributed by atoms with E-state index in [0.29, 0.717) is 0 Å². The number of thiophene rings is 1. The van der Waals surface area contributed by atoms with E-state index in [1.807, 2.05) is 0 Å². The Morgan fingerprint density at radius 1 is 1.57 bits per heavy atom. The van der Waals surface area contributed by atoms with E-state index in [4.69, 9.17) is 0 Å². The van der Waals surface area contributed by atoms with Crippen molar-refractivity contribution in [3.63, 3.8) is 0 Å². The molecular weight excluding hydrogens is 328 g/mol. The first-order valence-electron chi connectivity index (χ1n) is 4.51. The molecule has 0 amide bonds. The van der Waals surface area contributed by atoms with Gasteiger partial charge in [0.1, 0.15) is 0 Å². The summed E-state index contributed by atoms with van der Waals surface area (Å²) >= 11 is 8.82. The predicted octanol–water partition coefficient (Wildman–Crippen LogP) is 2.68. The molecule has 1 fully saturated rings. The lowest BCUT2D eigenvalue weighted by Crippen LogP contribution is -2.55. The van der Waals surface area contributed by atoms with E-state index in [2.05, 4.69) is 55.2 Å². The zero-order valence-corrected chi connectivity index (χ0v) is 11.9. The van der Waals surface area contributed by atoms with E-state index >= 15 is 0 Å². The van der Waals surface area contributed by atoms with Gasteiger partial charge in [0.25, 0.3) is 0 Å². The lowest BCUT2D eigenvalue weighted by Gasteiger charge is -2.35. The molecule has 5 heteroatoms. The number of likely N-dealkylation sites (N-methyl/N-ethyl adjacent to an activating group) is 1. The summed E-state index contributed by atoms with van der Waals surface area (Å²) in [6, 6.07) is 2.91. The third kappa shape index (κ3) is 2.39. The van der Waals surface area contributed by atoms with E-state index < -0.39 is 0 Å². The highest BCUT2D eigenvalue weighted by Gasteiger charge is 2.21. The van der Waals surface area contributed by atoms with Crippen molar-refractivity contribution in [3.05, 3.63) is 19.2 Å². The van der Waals surface area contributed by atoms with Crippen LogP contribution in [0.25, 0.3) is 0 Å². The first kappa shape index (κ1) is 11.1. The standard InChI is InChI=1S/C9H12Br2N2S/c1-13(6-3-12-4-6)5-7-2-8(10)9(11)14-7/h2,6,12H,3-5H2,1H3. The maximum Gasteiger partial charge on any atom is 0.0843 e. The number of hydrogen-bond acceptors (Lipinski definition) is 3. The quantitative estimate of drug-likeness (QED) is 0.910. The van der Waals surface area contributed by atoms with Crippen LogP contribution in [0.1, 0.15) is 4.88 Å². The minimum Gasteiger partial charge on any atom is -0.314 e. The van der Waals surface area contributed by atoms with Gasteiger partial charge in [-0.25, -0.2) is 0 Å². The molecule has 2 heterocycles. The Morgan fingerprint density at radius 3 is 2.71 bits per heavy atom. The highest BCUT2D eigenvalue weighted by Crippen LogP contribution is 2.33. The highest BCUT2D eigenvalue weighted by molar-refractivity contribution is 9.13. The number of nitrogens with zero attached hydrogens (tertiary/aromatic N) is 1. The van der Waals surface area contributed by atoms with Crippen LogP contribution in [0.15, 0.2) is 14.3 Å². The summed E-state index contributed by atoms with van der Waals surface area (Å²) in [5.41, 5.74) is 0. The van der Waals surface area contributed by atoms with Crippen LogP contribution in [0, 0.1) is 0 Å². The molecule has 0 aromatic carbocycles. The van der Waals surface area contributed by atoms with Crippen molar-refractivity contribution in [3.8, 4) is 0 Å². The van der Waals surface area contributed by atoms with E-state index in [1.54, 1.807) is 11.3 Å². The molecule has 1 N–H and O–H groups in total. The normalized spacial score (nSPS) is 17.4. The van der Waals surface area contributed by atoms with Gasteiger partial charge >= 0.3 is 0 Å². The molecule has 0 atom stereocenters. The van der Waals surface area contributed by atoms with Crippen LogP contribution in [0.2, 0.25) is 0 Å². The molecule has 14 heavy (non-hydrogen) atoms. The summed E-state index contributed by atoms with van der Waals surface area (Å²) < 4.78 is 2.35. The fraction of sp³-hybridized carbons (Fsp3) is 0.556. The van der Waals surface area contributed by atoms with Crippen molar-refractivity contribution in [2.75, 3.05) is 20.1 Å². The Bertz CT molecular complexity index is 303. The van der Waals surface area contributed by atoms with Crippen molar-refractivity contribution in [1.29, 1.82) is 0 Å². The van der Waals surface area contributed by atoms with Gasteiger partial charge < -0.3 is 5.32 Å². The number of nitrogens with one attached hydrogen (secondary N) is 1. The molecule has 1 saturated heterocycles. The summed E-state index contributed by atoms with van der Waals surface area (Å²) in [5.74, 6) is 0. The van der Waals surface area contributed by atoms with E-state index in [9.17, 15) is 0 Å². The van der Waals surface area contributed by atoms with Crippen LogP contribution in [0.3, 0.4) is 0 Å². The van der Waals surface area contributed by atoms with Crippen molar-refractivity contribution in [2.45, 2.75) is 12.6 Å². The van der Waals surface area contributed by atoms with Crippen molar-refractivity contribution >= 4 is 43.2 Å². The molecule has 0 unspecified atom stereocenters. The van der Waals surface area contributed by atoms with Gasteiger partial charge in [-0.15, -0.1) is 11.3 Å². The summed E-state index contributed by atoms with van der Waals surface area (Å²) in [6.07, 6.45) is 0. The summed E-state index contributed by atoms with van der Waals surface area (Å²) in [4.78, 5) is 3.81. The van der Waals surface area contributed by atoms with Gasteiger partial charge in [0.2, 0.25) is 0 Å². The van der Waals surface area contributed by atoms with Gasteiger partial charge in [-0.2, -0.15) is 0 Å². The second-order valence-corrected chi connectivity index (χ2v) is 6.87. The molecular formula is C9H12Br2N2S. The summed E-state index contributed by atoms with van der Waals surface area (Å²) in [7, 11) is 2.19. The van der Waals surface area contributed by atoms with E-state index in [0.717, 1.165) is 30.1 Å². The molecule has 1 aliphatic heterocycles. The third-order valence-electron chi connectivity index (χ3n) is 2.48. The van der Waals surface area contributed by atoms with Crippen molar-refractivity contribution in [1.82, 2.24) is 10.2 Å². The molecule has 1 aliphatic rings. The van der Waals surface area contributed by atoms with Crippen LogP contribution >= 0.6 is 43.2 Å². The molecule has 0 radical (unpaired) electrons. The molecule has 0 spiro atoms. The predicted molar refractivity (Wildman–Crippen MR) is 67.8 cm³/mol. The Hall–Kier alpha value is 0.580. The zero-order chi connectivity index (χ0) is 10.1. The van der Waals surface area contributed by atoms with Crippen LogP contribution in [0.5, 0.6) is 0 Å². The van der Waals surface area contributed by atoms with Crippen molar-refractivity contribution < 1.29 is 0 Å². The molecule has 1 aromatic rings. The number of rotatable bonds is 3. The van der Waals surface area contributed by atoms with Gasteiger partial charge in [-0.3, -0.25) is 4.90 Å². The molecule has 78 valence electrons. The number of halogens is 2. The van der Waals surface area contributed by atoms with Gasteiger partial charge in [0.05, 0.1) is 3.79 Å². The van der Waals surface area contributed by atoms with E-state index in [-0.39, 0.29) is 0 Å². The summed E-state index contributed by atoms with van der Waals surface area (Å²) in [5, 5.41) is 3.29. The second kappa shape index (κ2) is 4.61. The van der Waals surface area contributed by atoms with E-state index in [1.165, 1.54) is 8.66 Å². The Labute approximate surface area is 105 Å². The molecule has 2 nitrogen and oxygen atoms in total. The van der Waals surface area contributed by atoms with Crippen LogP contribution < -0.4 is 5.32 Å². The lowest BCUT2D eigenvalue weighted by atomic mass is 10.1. The Morgan fingerprint density at radius 2 is 2.29 bits per heavy atom. The van der Waals surface area contributed by atoms with Gasteiger partial charge in [0, 0.05) is 35.0 Å². The molecule has 1 aromatic heterocycles. The second-order valence-electron chi connectivity index (χ2n) is 3.56. The largest absolute Gasteiger partial charge is 0.314 e. The molecule has 0 saturated carbocycles. The van der Waals surface area contributed by atoms with Crippen LogP contribution in [-0.4, -0.2) is 31.1 Å². The minimum atomic E-state index is 0.717. The lowest BCUT2D eigenvalue weighted by molar-refractivity contribution is 0.174. The maximum atomic E-state index is 3.51. The van der Waals surface area contributed by atoms with Gasteiger partial charge in [0.15, 0.2) is 0 Å². The molecule has 0 aliphatic carbocycles. The summed E-state index contributed by atoms with van der Waals surface area (Å²) in [6.45, 7) is 3.30. The fourth-order valence-electron chi connectivity index (χ4n) is 1.43. The molecule has 0 bridgehead atoms. The molecule has 2 rings (SSSR count). The topological polar surface area (TPSA) is 15.3 Å². The third-order valence-corrected chi connectivity index (χ3v) is 5.73. The minimum absolute atomic E-state index is 0.717. The number of hydrogen-bond donors (Lipinski definition) is 1. The average molecular weight is 340 g/mol. The monoisotopic (exact) mass is 338 g/mol. The Balaban J connectivity index is 1.95. The van der Waals surface area contributed by atoms with Gasteiger partial charge in [-0.1, -0.05) is 0 Å². The van der Waals surface area contributed by atoms with Crippen molar-refractivity contribution in [2.24, 2.45) is 0 Å². The average Bonchev–Trinajstić information content (AvgIpc) is 2.26. The zero-order valence-electron chi connectivity index (χ0n) is 7.89. The van der Waals surface area contributed by atoms with Crippen LogP contribution in [-0.2, 0) is 6.54 Å². The first-order valence-corrected chi connectivity index (χ1v) is 6.91. The first-order chi connectivity index (χ1) is 6.66. The smallest absolute Gasteiger partial charge is 0.0843 e. The van der Waals surface area contributed by atoms with Gasteiger partial charge in [-0.05, 0) is 45.0 Å².